The third-order valence-electron chi connectivity index (χ3n) is 4.46. The minimum Gasteiger partial charge on any atom is -0.453 e. The van der Waals surface area contributed by atoms with E-state index in [1.807, 2.05) is 48.5 Å². The Labute approximate surface area is 135 Å². The lowest BCUT2D eigenvalue weighted by Crippen LogP contribution is -2.07. The van der Waals surface area contributed by atoms with Crippen LogP contribution in [-0.2, 0) is 9.53 Å². The third kappa shape index (κ3) is 2.23. The van der Waals surface area contributed by atoms with E-state index in [9.17, 15) is 4.79 Å². The zero-order chi connectivity index (χ0) is 15.8. The third-order valence-corrected chi connectivity index (χ3v) is 4.46. The molecule has 2 atom stereocenters. The Bertz CT molecular complexity index is 891. The number of esters is 1. The molecular weight excluding hydrogens is 284 g/mol. The summed E-state index contributed by atoms with van der Waals surface area (Å²) < 4.78 is 5.64. The molecule has 1 aliphatic rings. The lowest BCUT2D eigenvalue weighted by atomic mass is 9.83. The zero-order valence-electron chi connectivity index (χ0n) is 12.6. The van der Waals surface area contributed by atoms with Crippen LogP contribution >= 0.6 is 0 Å². The van der Waals surface area contributed by atoms with E-state index in [1.165, 1.54) is 0 Å². The van der Waals surface area contributed by atoms with Gasteiger partial charge in [0.05, 0.1) is 5.92 Å². The lowest BCUT2D eigenvalue weighted by Gasteiger charge is -2.20. The Morgan fingerprint density at radius 1 is 0.826 bits per heavy atom. The molecule has 0 radical (unpaired) electrons. The topological polar surface area (TPSA) is 26.3 Å². The van der Waals surface area contributed by atoms with Gasteiger partial charge >= 0.3 is 5.97 Å². The average Bonchev–Trinajstić information content (AvgIpc) is 2.90. The number of cyclic esters (lactones) is 1. The van der Waals surface area contributed by atoms with E-state index in [2.05, 4.69) is 30.8 Å². The first-order valence-corrected chi connectivity index (χ1v) is 7.68. The molecule has 2 nitrogen and oxygen atoms in total. The Balaban J connectivity index is 1.90. The molecule has 1 fully saturated rings. The van der Waals surface area contributed by atoms with Crippen LogP contribution in [0.3, 0.4) is 0 Å². The fourth-order valence-corrected chi connectivity index (χ4v) is 3.34. The first kappa shape index (κ1) is 13.8. The van der Waals surface area contributed by atoms with Crippen LogP contribution in [0.1, 0.15) is 23.1 Å². The number of fused-ring (bicyclic) bond motifs is 1. The fraction of sp³-hybridized carbons (Fsp3) is 0.0952. The molecule has 112 valence electrons. The van der Waals surface area contributed by atoms with Crippen molar-refractivity contribution in [2.24, 2.45) is 0 Å². The van der Waals surface area contributed by atoms with Gasteiger partial charge in [-0.1, -0.05) is 79.4 Å². The molecule has 0 aromatic heterocycles. The smallest absolute Gasteiger partial charge is 0.334 e. The van der Waals surface area contributed by atoms with Gasteiger partial charge in [-0.2, -0.15) is 0 Å². The van der Waals surface area contributed by atoms with Crippen LogP contribution in [0.2, 0.25) is 0 Å². The van der Waals surface area contributed by atoms with Crippen molar-refractivity contribution in [1.29, 1.82) is 0 Å². The van der Waals surface area contributed by atoms with E-state index in [0.29, 0.717) is 5.57 Å². The van der Waals surface area contributed by atoms with Crippen molar-refractivity contribution < 1.29 is 9.53 Å². The van der Waals surface area contributed by atoms with Gasteiger partial charge in [0.2, 0.25) is 0 Å². The van der Waals surface area contributed by atoms with Crippen LogP contribution in [0.15, 0.2) is 84.9 Å². The van der Waals surface area contributed by atoms with Crippen molar-refractivity contribution >= 4 is 16.7 Å². The molecular formula is C21H16O2. The van der Waals surface area contributed by atoms with E-state index < -0.39 is 0 Å². The highest BCUT2D eigenvalue weighted by Crippen LogP contribution is 2.46. The zero-order valence-corrected chi connectivity index (χ0v) is 12.6. The van der Waals surface area contributed by atoms with Gasteiger partial charge in [-0.3, -0.25) is 0 Å². The number of hydrogen-bond acceptors (Lipinski definition) is 2. The SMILES string of the molecule is C=C1C(=O)O[C@H](c2ccccc2)[C@@H]1c1cccc2ccccc12. The number of ether oxygens (including phenoxy) is 1. The van der Waals surface area contributed by atoms with Crippen molar-refractivity contribution in [2.45, 2.75) is 12.0 Å². The summed E-state index contributed by atoms with van der Waals surface area (Å²) in [6.07, 6.45) is -0.318. The maximum atomic E-state index is 12.2. The number of rotatable bonds is 2. The van der Waals surface area contributed by atoms with Gasteiger partial charge in [-0.15, -0.1) is 0 Å². The van der Waals surface area contributed by atoms with Gasteiger partial charge in [0.1, 0.15) is 6.10 Å². The van der Waals surface area contributed by atoms with Gasteiger partial charge in [0.25, 0.3) is 0 Å². The molecule has 0 N–H and O–H groups in total. The minimum absolute atomic E-state index is 0.156. The van der Waals surface area contributed by atoms with E-state index in [-0.39, 0.29) is 18.0 Å². The van der Waals surface area contributed by atoms with Crippen molar-refractivity contribution in [1.82, 2.24) is 0 Å². The normalized spacial score (nSPS) is 20.7. The maximum Gasteiger partial charge on any atom is 0.334 e. The summed E-state index contributed by atoms with van der Waals surface area (Å²) in [6.45, 7) is 4.00. The molecule has 0 unspecified atom stereocenters. The van der Waals surface area contributed by atoms with Crippen LogP contribution in [0.4, 0.5) is 0 Å². The summed E-state index contributed by atoms with van der Waals surface area (Å²) in [5.41, 5.74) is 2.61. The van der Waals surface area contributed by atoms with Gasteiger partial charge in [0, 0.05) is 5.57 Å². The van der Waals surface area contributed by atoms with Crippen LogP contribution in [0, 0.1) is 0 Å². The van der Waals surface area contributed by atoms with Crippen LogP contribution in [-0.4, -0.2) is 5.97 Å². The second kappa shape index (κ2) is 5.40. The summed E-state index contributed by atoms with van der Waals surface area (Å²) >= 11 is 0. The van der Waals surface area contributed by atoms with Crippen LogP contribution in [0.5, 0.6) is 0 Å². The summed E-state index contributed by atoms with van der Waals surface area (Å²) in [7, 11) is 0. The molecule has 1 saturated heterocycles. The van der Waals surface area contributed by atoms with Gasteiger partial charge in [-0.25, -0.2) is 4.79 Å². The van der Waals surface area contributed by atoms with Crippen molar-refractivity contribution in [3.63, 3.8) is 0 Å². The second-order valence-electron chi connectivity index (χ2n) is 5.81. The number of benzene rings is 3. The molecule has 1 aliphatic heterocycles. The molecule has 0 bridgehead atoms. The summed E-state index contributed by atoms with van der Waals surface area (Å²) in [5.74, 6) is -0.465. The van der Waals surface area contributed by atoms with Crippen molar-refractivity contribution in [3.05, 3.63) is 96.1 Å². The quantitative estimate of drug-likeness (QED) is 0.503. The molecule has 1 heterocycles. The fourth-order valence-electron chi connectivity index (χ4n) is 3.34. The molecule has 3 aromatic carbocycles. The summed E-state index contributed by atoms with van der Waals surface area (Å²) in [6, 6.07) is 24.2. The Hall–Kier alpha value is -2.87. The van der Waals surface area contributed by atoms with Gasteiger partial charge in [-0.05, 0) is 21.9 Å². The molecule has 4 rings (SSSR count). The maximum absolute atomic E-state index is 12.2. The lowest BCUT2D eigenvalue weighted by molar-refractivity contribution is -0.139. The molecule has 2 heteroatoms. The van der Waals surface area contributed by atoms with Crippen LogP contribution < -0.4 is 0 Å². The van der Waals surface area contributed by atoms with Gasteiger partial charge < -0.3 is 4.74 Å². The molecule has 0 spiro atoms. The highest BCUT2D eigenvalue weighted by Gasteiger charge is 2.41. The summed E-state index contributed by atoms with van der Waals surface area (Å²) in [5, 5.41) is 2.30. The standard InChI is InChI=1S/C21H16O2/c1-14-19(18-13-7-11-15-8-5-6-12-17(15)18)20(23-21(14)22)16-9-3-2-4-10-16/h2-13,19-20H,1H2/t19-,20+/m0/s1. The Morgan fingerprint density at radius 2 is 1.52 bits per heavy atom. The monoisotopic (exact) mass is 300 g/mol. The molecule has 0 saturated carbocycles. The Morgan fingerprint density at radius 3 is 2.35 bits per heavy atom. The predicted molar refractivity (Wildman–Crippen MR) is 91.1 cm³/mol. The minimum atomic E-state index is -0.318. The predicted octanol–water partition coefficient (Wildman–Crippen LogP) is 4.78. The first-order valence-electron chi connectivity index (χ1n) is 7.68. The molecule has 0 aliphatic carbocycles. The van der Waals surface area contributed by atoms with E-state index in [1.54, 1.807) is 0 Å². The van der Waals surface area contributed by atoms with E-state index in [4.69, 9.17) is 4.74 Å². The number of carbonyl (C=O) groups excluding carboxylic acids is 1. The molecule has 23 heavy (non-hydrogen) atoms. The number of carbonyl (C=O) groups is 1. The number of hydrogen-bond donors (Lipinski definition) is 0. The summed E-state index contributed by atoms with van der Waals surface area (Å²) in [4.78, 5) is 12.2. The van der Waals surface area contributed by atoms with Crippen molar-refractivity contribution in [2.75, 3.05) is 0 Å². The second-order valence-corrected chi connectivity index (χ2v) is 5.81. The first-order chi connectivity index (χ1) is 11.3. The van der Waals surface area contributed by atoms with E-state index in [0.717, 1.165) is 21.9 Å². The highest BCUT2D eigenvalue weighted by molar-refractivity contribution is 5.95. The van der Waals surface area contributed by atoms with Gasteiger partial charge in [0.15, 0.2) is 0 Å². The average molecular weight is 300 g/mol. The molecule has 3 aromatic rings. The van der Waals surface area contributed by atoms with E-state index >= 15 is 0 Å². The van der Waals surface area contributed by atoms with Crippen LogP contribution in [0.25, 0.3) is 10.8 Å². The van der Waals surface area contributed by atoms with Crippen molar-refractivity contribution in [3.8, 4) is 0 Å². The largest absolute Gasteiger partial charge is 0.453 e. The highest BCUT2D eigenvalue weighted by atomic mass is 16.6. The molecule has 0 amide bonds. The Kier molecular flexibility index (Phi) is 3.23.